The first-order chi connectivity index (χ1) is 12.6. The molecule has 0 saturated carbocycles. The third kappa shape index (κ3) is 9.21. The van der Waals surface area contributed by atoms with Crippen LogP contribution in [0.2, 0.25) is 0 Å². The largest absolute Gasteiger partial charge is 0.505 e. The monoisotopic (exact) mass is 361 g/mol. The van der Waals surface area contributed by atoms with E-state index < -0.39 is 0 Å². The molecule has 1 aromatic carbocycles. The molecule has 1 rings (SSSR count). The number of benzene rings is 1. The van der Waals surface area contributed by atoms with Gasteiger partial charge in [-0.15, -0.1) is 6.58 Å². The van der Waals surface area contributed by atoms with Gasteiger partial charge in [0.05, 0.1) is 26.4 Å². The molecule has 0 spiro atoms. The van der Waals surface area contributed by atoms with E-state index in [-0.39, 0.29) is 11.9 Å². The van der Waals surface area contributed by atoms with Gasteiger partial charge in [-0.1, -0.05) is 25.1 Å². The summed E-state index contributed by atoms with van der Waals surface area (Å²) in [7, 11) is 1.64. The van der Waals surface area contributed by atoms with Gasteiger partial charge in [-0.2, -0.15) is 0 Å². The number of ether oxygens (including phenoxy) is 3. The van der Waals surface area contributed by atoms with E-state index in [1.54, 1.807) is 13.2 Å². The lowest BCUT2D eigenvalue weighted by Crippen LogP contribution is -2.19. The van der Waals surface area contributed by atoms with Gasteiger partial charge in [0.2, 0.25) is 5.39 Å². The fourth-order valence-electron chi connectivity index (χ4n) is 2.53. The Kier molecular flexibility index (Phi) is 10.8. The summed E-state index contributed by atoms with van der Waals surface area (Å²) in [5.41, 5.74) is 1.10. The molecule has 2 atom stereocenters. The second-order valence-electron chi connectivity index (χ2n) is 6.22. The van der Waals surface area contributed by atoms with Crippen LogP contribution in [0.4, 0.5) is 0 Å². The molecule has 26 heavy (non-hydrogen) atoms. The predicted octanol–water partition coefficient (Wildman–Crippen LogP) is 4.84. The molecule has 142 valence electrons. The van der Waals surface area contributed by atoms with Crippen LogP contribution in [0.1, 0.15) is 31.7 Å². The summed E-state index contributed by atoms with van der Waals surface area (Å²) in [6.45, 7) is 7.40. The standard InChI is InChI=1S/C20H28N2O4/c1-4-11-26-20(10-7-18(23)13-22-21)12-16(2)14-25-15-17-5-8-19(24-3)9-6-17/h4-6,8-9,13,16,20H,1,7,10-12,14-15H2,2-3H3/p+1/b18-13-/t16-,20+/m1/s1. The Morgan fingerprint density at radius 1 is 1.35 bits per heavy atom. The molecule has 0 bridgehead atoms. The first kappa shape index (κ1) is 21.7. The Hall–Kier alpha value is -2.36. The number of diazo groups is 1. The molecule has 0 amide bonds. The highest BCUT2D eigenvalue weighted by Gasteiger charge is 2.15. The number of hydrogen-bond acceptors (Lipinski definition) is 5. The summed E-state index contributed by atoms with van der Waals surface area (Å²) in [4.78, 5) is 2.82. The fraction of sp³-hybridized carbons (Fsp3) is 0.500. The molecule has 6 heteroatoms. The van der Waals surface area contributed by atoms with Crippen LogP contribution < -0.4 is 4.74 Å². The number of aliphatic hydroxyl groups is 1. The number of rotatable bonds is 13. The van der Waals surface area contributed by atoms with Gasteiger partial charge in [0.25, 0.3) is 0 Å². The van der Waals surface area contributed by atoms with Gasteiger partial charge in [-0.25, -0.2) is 0 Å². The maximum absolute atomic E-state index is 9.56. The molecule has 0 aliphatic rings. The van der Waals surface area contributed by atoms with E-state index in [0.29, 0.717) is 38.6 Å². The lowest BCUT2D eigenvalue weighted by Gasteiger charge is -2.21. The van der Waals surface area contributed by atoms with Crippen LogP contribution in [0.5, 0.6) is 5.75 Å². The van der Waals surface area contributed by atoms with Gasteiger partial charge < -0.3 is 19.3 Å². The van der Waals surface area contributed by atoms with Crippen LogP contribution in [0.3, 0.4) is 0 Å². The van der Waals surface area contributed by atoms with Crippen molar-refractivity contribution >= 4 is 0 Å². The van der Waals surface area contributed by atoms with Crippen molar-refractivity contribution in [2.75, 3.05) is 20.3 Å². The summed E-state index contributed by atoms with van der Waals surface area (Å²) in [6, 6.07) is 7.81. The zero-order valence-electron chi connectivity index (χ0n) is 15.6. The third-order valence-corrected chi connectivity index (χ3v) is 3.87. The third-order valence-electron chi connectivity index (χ3n) is 3.87. The van der Waals surface area contributed by atoms with Crippen LogP contribution in [0.25, 0.3) is 4.98 Å². The van der Waals surface area contributed by atoms with Crippen LogP contribution >= 0.6 is 0 Å². The van der Waals surface area contributed by atoms with Crippen molar-refractivity contribution in [3.8, 4) is 5.75 Å². The average Bonchev–Trinajstić information content (AvgIpc) is 2.64. The summed E-state index contributed by atoms with van der Waals surface area (Å²) in [5, 5.41) is 18.0. The minimum absolute atomic E-state index is 0.0261. The summed E-state index contributed by atoms with van der Waals surface area (Å²) >= 11 is 0. The molecule has 0 saturated heterocycles. The number of methoxy groups -OCH3 is 1. The second kappa shape index (κ2) is 12.9. The zero-order chi connectivity index (χ0) is 19.2. The van der Waals surface area contributed by atoms with E-state index in [1.165, 1.54) is 0 Å². The highest BCUT2D eigenvalue weighted by Crippen LogP contribution is 2.18. The molecule has 1 N–H and O–H groups in total. The molecule has 0 radical (unpaired) electrons. The quantitative estimate of drug-likeness (QED) is 0.309. The number of allylic oxidation sites excluding steroid dienone is 1. The van der Waals surface area contributed by atoms with Crippen LogP contribution in [0, 0.1) is 11.3 Å². The van der Waals surface area contributed by atoms with E-state index in [2.05, 4.69) is 18.5 Å². The molecule has 0 unspecified atom stereocenters. The maximum Gasteiger partial charge on any atom is 0.387 e. The molecular weight excluding hydrogens is 332 g/mol. The molecule has 1 aromatic rings. The van der Waals surface area contributed by atoms with E-state index >= 15 is 0 Å². The Morgan fingerprint density at radius 2 is 2.08 bits per heavy atom. The second-order valence-corrected chi connectivity index (χ2v) is 6.22. The van der Waals surface area contributed by atoms with Gasteiger partial charge >= 0.3 is 6.20 Å². The zero-order valence-corrected chi connectivity index (χ0v) is 15.6. The molecule has 0 aliphatic carbocycles. The van der Waals surface area contributed by atoms with Crippen molar-refractivity contribution in [2.24, 2.45) is 5.92 Å². The Labute approximate surface area is 155 Å². The summed E-state index contributed by atoms with van der Waals surface area (Å²) in [5.74, 6) is 1.16. The summed E-state index contributed by atoms with van der Waals surface area (Å²) < 4.78 is 16.7. The summed E-state index contributed by atoms with van der Waals surface area (Å²) in [6.07, 6.45) is 4.55. The van der Waals surface area contributed by atoms with Gasteiger partial charge in [-0.3, -0.25) is 0 Å². The van der Waals surface area contributed by atoms with Crippen molar-refractivity contribution in [2.45, 2.75) is 38.9 Å². The number of aliphatic hydroxyl groups excluding tert-OH is 1. The van der Waals surface area contributed by atoms with Crippen LogP contribution in [-0.2, 0) is 16.1 Å². The smallest absolute Gasteiger partial charge is 0.387 e. The minimum Gasteiger partial charge on any atom is -0.505 e. The fourth-order valence-corrected chi connectivity index (χ4v) is 2.53. The topological polar surface area (TPSA) is 76.1 Å². The van der Waals surface area contributed by atoms with Crippen molar-refractivity contribution in [3.05, 3.63) is 59.4 Å². The lowest BCUT2D eigenvalue weighted by molar-refractivity contribution is 0.0257. The molecule has 0 heterocycles. The van der Waals surface area contributed by atoms with Gasteiger partial charge in [0, 0.05) is 13.0 Å². The van der Waals surface area contributed by atoms with E-state index in [0.717, 1.165) is 23.9 Å². The Balaban J connectivity index is 2.38. The SMILES string of the molecule is C=CCO[C@@H](CC/C(O)=C/[N+]#N)C[C@@H](C)COCc1ccc(OC)cc1. The molecule has 0 fully saturated rings. The Bertz CT molecular complexity index is 593. The minimum atomic E-state index is -0.0261. The first-order valence-corrected chi connectivity index (χ1v) is 8.74. The highest BCUT2D eigenvalue weighted by molar-refractivity contribution is 5.26. The van der Waals surface area contributed by atoms with Crippen molar-refractivity contribution in [1.82, 2.24) is 0 Å². The maximum atomic E-state index is 9.56. The number of nitrogens with zero attached hydrogens (tertiary/aromatic N) is 2. The molecular formula is C20H29N2O4+. The first-order valence-electron chi connectivity index (χ1n) is 8.74. The highest BCUT2D eigenvalue weighted by atomic mass is 16.5. The van der Waals surface area contributed by atoms with Gasteiger partial charge in [-0.05, 0) is 36.5 Å². The van der Waals surface area contributed by atoms with Crippen molar-refractivity contribution in [3.63, 3.8) is 0 Å². The average molecular weight is 361 g/mol. The Morgan fingerprint density at radius 3 is 2.69 bits per heavy atom. The lowest BCUT2D eigenvalue weighted by atomic mass is 10.0. The van der Waals surface area contributed by atoms with Crippen molar-refractivity contribution in [1.29, 1.82) is 5.39 Å². The molecule has 0 aromatic heterocycles. The normalized spacial score (nSPS) is 13.7. The molecule has 6 nitrogen and oxygen atoms in total. The van der Waals surface area contributed by atoms with E-state index in [9.17, 15) is 5.11 Å². The van der Waals surface area contributed by atoms with E-state index in [4.69, 9.17) is 19.6 Å². The van der Waals surface area contributed by atoms with E-state index in [1.807, 2.05) is 24.3 Å². The molecule has 0 aliphatic heterocycles. The predicted molar refractivity (Wildman–Crippen MR) is 101 cm³/mol. The van der Waals surface area contributed by atoms with Gasteiger partial charge in [0.15, 0.2) is 10.7 Å². The van der Waals surface area contributed by atoms with Gasteiger partial charge in [0.1, 0.15) is 5.75 Å². The van der Waals surface area contributed by atoms with Crippen LogP contribution in [0.15, 0.2) is 48.9 Å². The van der Waals surface area contributed by atoms with Crippen molar-refractivity contribution < 1.29 is 19.3 Å². The van der Waals surface area contributed by atoms with Crippen LogP contribution in [-0.4, -0.2) is 31.5 Å². The number of hydrogen-bond donors (Lipinski definition) is 1.